The average molecular weight is 420 g/mol. The van der Waals surface area contributed by atoms with E-state index >= 15 is 0 Å². The van der Waals surface area contributed by atoms with Crippen LogP contribution in [0.25, 0.3) is 5.69 Å². The summed E-state index contributed by atoms with van der Waals surface area (Å²) >= 11 is 0. The van der Waals surface area contributed by atoms with E-state index < -0.39 is 34.4 Å². The van der Waals surface area contributed by atoms with E-state index in [1.165, 1.54) is 12.1 Å². The molecular weight excluding hydrogens is 401 g/mol. The topological polar surface area (TPSA) is 87.6 Å². The second kappa shape index (κ2) is 5.71. The highest BCUT2D eigenvalue weighted by Crippen LogP contribution is 2.65. The van der Waals surface area contributed by atoms with Crippen LogP contribution in [0.5, 0.6) is 11.8 Å². The first-order valence-corrected chi connectivity index (χ1v) is 9.64. The number of hydrogen-bond donors (Lipinski definition) is 2. The summed E-state index contributed by atoms with van der Waals surface area (Å²) < 4.78 is 53.5. The Hall–Kier alpha value is -2.70. The number of aromatic hydroxyl groups is 2. The van der Waals surface area contributed by atoms with Crippen LogP contribution in [0.1, 0.15) is 55.4 Å². The second-order valence-electron chi connectivity index (χ2n) is 8.54. The molecule has 3 atom stereocenters. The van der Waals surface area contributed by atoms with E-state index in [4.69, 9.17) is 14.7 Å². The van der Waals surface area contributed by atoms with E-state index in [0.29, 0.717) is 17.5 Å². The van der Waals surface area contributed by atoms with Crippen molar-refractivity contribution in [3.8, 4) is 23.5 Å². The number of aromatic nitrogens is 1. The Labute approximate surface area is 170 Å². The van der Waals surface area contributed by atoms with Crippen molar-refractivity contribution in [2.75, 3.05) is 0 Å². The number of nitrogens with zero attached hydrogens (tertiary/aromatic N) is 2. The molecule has 2 aromatic rings. The van der Waals surface area contributed by atoms with Gasteiger partial charge in [0.05, 0.1) is 51.8 Å². The highest BCUT2D eigenvalue weighted by atomic mass is 19.4. The Kier molecular flexibility index (Phi) is 3.67. The third-order valence-electron chi connectivity index (χ3n) is 6.34. The lowest BCUT2D eigenvalue weighted by atomic mass is 9.78. The first-order valence-electron chi connectivity index (χ1n) is 9.64. The number of rotatable bonds is 3. The Bertz CT molecular complexity index is 1110. The maximum absolute atomic E-state index is 13.4. The van der Waals surface area contributed by atoms with Crippen LogP contribution in [0.4, 0.5) is 13.2 Å². The fraction of sp³-hybridized carbons (Fsp3) is 0.476. The molecule has 3 aliphatic rings. The molecular formula is C21H19F3N2O4. The van der Waals surface area contributed by atoms with Crippen LogP contribution in [0.3, 0.4) is 0 Å². The van der Waals surface area contributed by atoms with Gasteiger partial charge in [0.1, 0.15) is 5.60 Å². The van der Waals surface area contributed by atoms with Gasteiger partial charge >= 0.3 is 6.18 Å². The van der Waals surface area contributed by atoms with E-state index in [2.05, 4.69) is 0 Å². The van der Waals surface area contributed by atoms with Crippen molar-refractivity contribution in [3.05, 3.63) is 40.5 Å². The van der Waals surface area contributed by atoms with Gasteiger partial charge in [0, 0.05) is 6.42 Å². The lowest BCUT2D eigenvalue weighted by molar-refractivity contribution is -0.137. The first kappa shape index (κ1) is 19.3. The molecule has 1 aromatic heterocycles. The first-order chi connectivity index (χ1) is 14.0. The smallest absolute Gasteiger partial charge is 0.417 e. The number of nitriles is 1. The molecule has 6 nitrogen and oxygen atoms in total. The van der Waals surface area contributed by atoms with E-state index in [1.807, 2.05) is 0 Å². The largest absolute Gasteiger partial charge is 0.494 e. The highest BCUT2D eigenvalue weighted by molar-refractivity contribution is 5.62. The molecule has 5 rings (SSSR count). The Morgan fingerprint density at radius 2 is 1.87 bits per heavy atom. The van der Waals surface area contributed by atoms with Gasteiger partial charge < -0.3 is 19.7 Å². The van der Waals surface area contributed by atoms with Crippen LogP contribution in [-0.4, -0.2) is 27.0 Å². The van der Waals surface area contributed by atoms with Gasteiger partial charge in [-0.3, -0.25) is 4.57 Å². The van der Waals surface area contributed by atoms with Crippen molar-refractivity contribution >= 4 is 0 Å². The molecule has 2 N–H and O–H groups in total. The molecule has 30 heavy (non-hydrogen) atoms. The van der Waals surface area contributed by atoms with Gasteiger partial charge in [-0.2, -0.15) is 18.4 Å². The summed E-state index contributed by atoms with van der Waals surface area (Å²) in [6, 6.07) is 4.55. The summed E-state index contributed by atoms with van der Waals surface area (Å²) in [7, 11) is 0. The SMILES string of the molecule is C[C@]12C[C@H](OC3CC3)[C@](C)(O1)c1c2c(O)n(-c2ccc(C#N)c(C(F)(F)F)c2)c1O. The molecule has 3 heterocycles. The van der Waals surface area contributed by atoms with Crippen LogP contribution >= 0.6 is 0 Å². The fourth-order valence-corrected chi connectivity index (χ4v) is 4.87. The van der Waals surface area contributed by atoms with Gasteiger partial charge in [0.25, 0.3) is 0 Å². The van der Waals surface area contributed by atoms with Gasteiger partial charge in [-0.15, -0.1) is 0 Å². The van der Waals surface area contributed by atoms with Gasteiger partial charge in [-0.25, -0.2) is 0 Å². The van der Waals surface area contributed by atoms with Crippen molar-refractivity contribution in [2.45, 2.75) is 62.7 Å². The summed E-state index contributed by atoms with van der Waals surface area (Å²) in [5.74, 6) is -0.771. The second-order valence-corrected chi connectivity index (χ2v) is 8.54. The molecule has 0 unspecified atom stereocenters. The van der Waals surface area contributed by atoms with Gasteiger partial charge in [-0.05, 0) is 44.9 Å². The quantitative estimate of drug-likeness (QED) is 0.778. The highest BCUT2D eigenvalue weighted by Gasteiger charge is 2.65. The van der Waals surface area contributed by atoms with Crippen molar-refractivity contribution < 1.29 is 32.9 Å². The zero-order valence-electron chi connectivity index (χ0n) is 16.2. The van der Waals surface area contributed by atoms with Gasteiger partial charge in [0.15, 0.2) is 0 Å². The Morgan fingerprint density at radius 1 is 1.20 bits per heavy atom. The van der Waals surface area contributed by atoms with Crippen molar-refractivity contribution in [1.29, 1.82) is 5.26 Å². The van der Waals surface area contributed by atoms with Gasteiger partial charge in [-0.1, -0.05) is 0 Å². The van der Waals surface area contributed by atoms with E-state index in [-0.39, 0.29) is 23.8 Å². The lowest BCUT2D eigenvalue weighted by Gasteiger charge is -2.29. The number of ether oxygens (including phenoxy) is 2. The number of fused-ring (bicyclic) bond motifs is 5. The van der Waals surface area contributed by atoms with Crippen molar-refractivity contribution in [1.82, 2.24) is 4.57 Å². The molecule has 1 aliphatic carbocycles. The molecule has 1 aromatic carbocycles. The molecule has 2 aliphatic heterocycles. The van der Waals surface area contributed by atoms with Crippen LogP contribution in [0.15, 0.2) is 18.2 Å². The zero-order valence-corrected chi connectivity index (χ0v) is 16.2. The Morgan fingerprint density at radius 3 is 2.47 bits per heavy atom. The van der Waals surface area contributed by atoms with Gasteiger partial charge in [0.2, 0.25) is 11.8 Å². The predicted octanol–water partition coefficient (Wildman–Crippen LogP) is 4.19. The fourth-order valence-electron chi connectivity index (χ4n) is 4.87. The molecule has 158 valence electrons. The summed E-state index contributed by atoms with van der Waals surface area (Å²) in [5, 5.41) is 30.9. The summed E-state index contributed by atoms with van der Waals surface area (Å²) in [5.41, 5.74) is -3.05. The average Bonchev–Trinajstić information content (AvgIpc) is 3.31. The number of hydrogen-bond acceptors (Lipinski definition) is 5. The van der Waals surface area contributed by atoms with E-state index in [9.17, 15) is 23.4 Å². The molecule has 0 spiro atoms. The minimum absolute atomic E-state index is 0.100. The minimum atomic E-state index is -4.76. The molecule has 2 fully saturated rings. The number of alkyl halides is 3. The minimum Gasteiger partial charge on any atom is -0.494 e. The standard InChI is InChI=1S/C21H19F3N2O4/c1-19-8-14(29-12-5-6-12)20(2,30-19)16-15(19)17(27)26(18(16)28)11-4-3-10(9-25)13(7-11)21(22,23)24/h3-4,7,12,14,27-28H,5-6,8H2,1-2H3/t14-,19+,20-/m0/s1. The van der Waals surface area contributed by atoms with Crippen LogP contribution in [0.2, 0.25) is 0 Å². The molecule has 9 heteroatoms. The van der Waals surface area contributed by atoms with Crippen LogP contribution in [0, 0.1) is 11.3 Å². The van der Waals surface area contributed by atoms with Crippen molar-refractivity contribution in [2.24, 2.45) is 0 Å². The maximum atomic E-state index is 13.4. The summed E-state index contributed by atoms with van der Waals surface area (Å²) in [4.78, 5) is 0. The van der Waals surface area contributed by atoms with E-state index in [1.54, 1.807) is 13.8 Å². The summed E-state index contributed by atoms with van der Waals surface area (Å²) in [6.45, 7) is 3.54. The molecule has 0 amide bonds. The molecule has 1 saturated heterocycles. The number of benzene rings is 1. The maximum Gasteiger partial charge on any atom is 0.417 e. The molecule has 2 bridgehead atoms. The summed E-state index contributed by atoms with van der Waals surface area (Å²) in [6.07, 6.45) is -2.57. The van der Waals surface area contributed by atoms with E-state index in [0.717, 1.165) is 29.5 Å². The molecule has 1 saturated carbocycles. The predicted molar refractivity (Wildman–Crippen MR) is 97.1 cm³/mol. The monoisotopic (exact) mass is 420 g/mol. The lowest BCUT2D eigenvalue weighted by Crippen LogP contribution is -2.36. The number of halogens is 3. The normalized spacial score (nSPS) is 29.8. The molecule has 0 radical (unpaired) electrons. The third-order valence-corrected chi connectivity index (χ3v) is 6.34. The van der Waals surface area contributed by atoms with Crippen LogP contribution < -0.4 is 0 Å². The third kappa shape index (κ3) is 2.44. The van der Waals surface area contributed by atoms with Crippen LogP contribution in [-0.2, 0) is 26.9 Å². The zero-order chi connectivity index (χ0) is 21.6. The Balaban J connectivity index is 1.67. The van der Waals surface area contributed by atoms with Crippen molar-refractivity contribution in [3.63, 3.8) is 0 Å².